The molecular formula is C21H42N2O. The van der Waals surface area contributed by atoms with E-state index in [9.17, 15) is 4.79 Å². The molecule has 0 saturated carbocycles. The number of allylic oxidation sites excluding steroid dienone is 2. The average molecular weight is 339 g/mol. The van der Waals surface area contributed by atoms with Crippen molar-refractivity contribution in [2.24, 2.45) is 0 Å². The van der Waals surface area contributed by atoms with Crippen LogP contribution in [0.15, 0.2) is 12.2 Å². The van der Waals surface area contributed by atoms with Gasteiger partial charge in [-0.05, 0) is 46.0 Å². The smallest absolute Gasteiger partial charge is 0.234 e. The van der Waals surface area contributed by atoms with E-state index < -0.39 is 0 Å². The van der Waals surface area contributed by atoms with Crippen LogP contribution in [0.4, 0.5) is 0 Å². The molecule has 0 aliphatic carbocycles. The molecule has 24 heavy (non-hydrogen) atoms. The van der Waals surface area contributed by atoms with Gasteiger partial charge in [0.25, 0.3) is 0 Å². The maximum atomic E-state index is 11.5. The molecule has 3 nitrogen and oxygen atoms in total. The van der Waals surface area contributed by atoms with E-state index in [1.807, 2.05) is 13.8 Å². The van der Waals surface area contributed by atoms with Gasteiger partial charge >= 0.3 is 0 Å². The SMILES string of the molecule is CCCCCCCCC=CCCCCCCCC(=O)NNC(C)C. The first-order valence-electron chi connectivity index (χ1n) is 10.4. The molecule has 0 fully saturated rings. The van der Waals surface area contributed by atoms with E-state index in [2.05, 4.69) is 29.9 Å². The number of nitrogens with one attached hydrogen (secondary N) is 2. The molecule has 0 atom stereocenters. The second-order valence-electron chi connectivity index (χ2n) is 7.18. The van der Waals surface area contributed by atoms with Crippen LogP contribution >= 0.6 is 0 Å². The first-order chi connectivity index (χ1) is 11.7. The van der Waals surface area contributed by atoms with Gasteiger partial charge in [0.15, 0.2) is 0 Å². The molecule has 0 radical (unpaired) electrons. The van der Waals surface area contributed by atoms with Crippen LogP contribution in [0.25, 0.3) is 0 Å². The lowest BCUT2D eigenvalue weighted by molar-refractivity contribution is -0.122. The van der Waals surface area contributed by atoms with Crippen molar-refractivity contribution in [3.05, 3.63) is 12.2 Å². The van der Waals surface area contributed by atoms with Crippen molar-refractivity contribution in [3.8, 4) is 0 Å². The zero-order valence-corrected chi connectivity index (χ0v) is 16.5. The van der Waals surface area contributed by atoms with Gasteiger partial charge in [0.2, 0.25) is 5.91 Å². The summed E-state index contributed by atoms with van der Waals surface area (Å²) >= 11 is 0. The quantitative estimate of drug-likeness (QED) is 0.192. The van der Waals surface area contributed by atoms with E-state index >= 15 is 0 Å². The molecule has 0 rings (SSSR count). The summed E-state index contributed by atoms with van der Waals surface area (Å²) in [5.41, 5.74) is 5.67. The van der Waals surface area contributed by atoms with Crippen LogP contribution < -0.4 is 10.9 Å². The average Bonchev–Trinajstić information content (AvgIpc) is 2.56. The second-order valence-corrected chi connectivity index (χ2v) is 7.18. The van der Waals surface area contributed by atoms with Gasteiger partial charge in [-0.2, -0.15) is 0 Å². The normalized spacial score (nSPS) is 11.5. The van der Waals surface area contributed by atoms with Gasteiger partial charge in [0.05, 0.1) is 0 Å². The van der Waals surface area contributed by atoms with Crippen LogP contribution in [0.5, 0.6) is 0 Å². The van der Waals surface area contributed by atoms with Gasteiger partial charge in [-0.3, -0.25) is 10.2 Å². The fraction of sp³-hybridized carbons (Fsp3) is 0.857. The Morgan fingerprint density at radius 2 is 1.29 bits per heavy atom. The fourth-order valence-electron chi connectivity index (χ4n) is 2.64. The molecule has 0 saturated heterocycles. The number of carbonyl (C=O) groups excluding carboxylic acids is 1. The van der Waals surface area contributed by atoms with Crippen molar-refractivity contribution in [1.29, 1.82) is 0 Å². The van der Waals surface area contributed by atoms with Gasteiger partial charge in [-0.1, -0.05) is 70.4 Å². The molecule has 0 aliphatic heterocycles. The summed E-state index contributed by atoms with van der Waals surface area (Å²) in [5, 5.41) is 0. The summed E-state index contributed by atoms with van der Waals surface area (Å²) < 4.78 is 0. The van der Waals surface area contributed by atoms with Crippen LogP contribution in [0.2, 0.25) is 0 Å². The van der Waals surface area contributed by atoms with Crippen LogP contribution in [-0.4, -0.2) is 11.9 Å². The molecule has 0 unspecified atom stereocenters. The molecule has 0 aromatic carbocycles. The number of amides is 1. The molecule has 1 amide bonds. The highest BCUT2D eigenvalue weighted by Gasteiger charge is 2.00. The highest BCUT2D eigenvalue weighted by atomic mass is 16.2. The Labute approximate surface area is 151 Å². The number of hydrazine groups is 1. The third-order valence-electron chi connectivity index (χ3n) is 4.17. The lowest BCUT2D eigenvalue weighted by Crippen LogP contribution is -2.41. The molecule has 0 aromatic rings. The third-order valence-corrected chi connectivity index (χ3v) is 4.17. The molecule has 0 spiro atoms. The second kappa shape index (κ2) is 18.5. The lowest BCUT2D eigenvalue weighted by Gasteiger charge is -2.09. The molecule has 0 bridgehead atoms. The lowest BCUT2D eigenvalue weighted by atomic mass is 10.1. The Bertz CT molecular complexity index is 300. The van der Waals surface area contributed by atoms with Gasteiger partial charge in [-0.15, -0.1) is 0 Å². The Morgan fingerprint density at radius 1 is 0.792 bits per heavy atom. The number of carbonyl (C=O) groups is 1. The van der Waals surface area contributed by atoms with Gasteiger partial charge in [0, 0.05) is 12.5 Å². The van der Waals surface area contributed by atoms with Gasteiger partial charge in [0.1, 0.15) is 0 Å². The predicted molar refractivity (Wildman–Crippen MR) is 106 cm³/mol. The van der Waals surface area contributed by atoms with Crippen LogP contribution in [-0.2, 0) is 4.79 Å². The van der Waals surface area contributed by atoms with E-state index in [0.717, 1.165) is 12.8 Å². The maximum absolute atomic E-state index is 11.5. The molecule has 2 N–H and O–H groups in total. The number of hydrogen-bond donors (Lipinski definition) is 2. The molecule has 3 heteroatoms. The first-order valence-corrected chi connectivity index (χ1v) is 10.4. The van der Waals surface area contributed by atoms with Crippen molar-refractivity contribution in [3.63, 3.8) is 0 Å². The highest BCUT2D eigenvalue weighted by Crippen LogP contribution is 2.09. The minimum Gasteiger partial charge on any atom is -0.291 e. The summed E-state index contributed by atoms with van der Waals surface area (Å²) in [5.74, 6) is 0.112. The van der Waals surface area contributed by atoms with E-state index in [1.165, 1.54) is 70.6 Å². The van der Waals surface area contributed by atoms with Gasteiger partial charge in [-0.25, -0.2) is 5.43 Å². The zero-order chi connectivity index (χ0) is 17.9. The summed E-state index contributed by atoms with van der Waals surface area (Å²) in [6, 6.07) is 0.295. The standard InChI is InChI=1S/C21H42N2O/c1-4-5-6-7-8-9-10-11-12-13-14-15-16-17-18-19-21(24)23-22-20(2)3/h11-12,20,22H,4-10,13-19H2,1-3H3,(H,23,24). The van der Waals surface area contributed by atoms with Gasteiger partial charge < -0.3 is 0 Å². The Morgan fingerprint density at radius 3 is 1.83 bits per heavy atom. The largest absolute Gasteiger partial charge is 0.291 e. The van der Waals surface area contributed by atoms with Crippen molar-refractivity contribution >= 4 is 5.91 Å². The Balaban J connectivity index is 3.19. The van der Waals surface area contributed by atoms with E-state index in [0.29, 0.717) is 12.5 Å². The monoisotopic (exact) mass is 338 g/mol. The first kappa shape index (κ1) is 23.2. The number of unbranched alkanes of at least 4 members (excludes halogenated alkanes) is 11. The van der Waals surface area contributed by atoms with Crippen LogP contribution in [0.1, 0.15) is 111 Å². The maximum Gasteiger partial charge on any atom is 0.234 e. The summed E-state index contributed by atoms with van der Waals surface area (Å²) in [4.78, 5) is 11.5. The predicted octanol–water partition coefficient (Wildman–Crippen LogP) is 6.05. The minimum absolute atomic E-state index is 0.112. The Hall–Kier alpha value is -0.830. The molecular weight excluding hydrogens is 296 g/mol. The van der Waals surface area contributed by atoms with Crippen molar-refractivity contribution in [2.45, 2.75) is 117 Å². The fourth-order valence-corrected chi connectivity index (χ4v) is 2.64. The molecule has 0 aliphatic rings. The summed E-state index contributed by atoms with van der Waals surface area (Å²) in [6.07, 6.45) is 22.1. The topological polar surface area (TPSA) is 41.1 Å². The zero-order valence-electron chi connectivity index (χ0n) is 16.5. The third kappa shape index (κ3) is 19.2. The minimum atomic E-state index is 0.112. The van der Waals surface area contributed by atoms with Crippen molar-refractivity contribution in [1.82, 2.24) is 10.9 Å². The highest BCUT2D eigenvalue weighted by molar-refractivity contribution is 5.75. The summed E-state index contributed by atoms with van der Waals surface area (Å²) in [6.45, 7) is 6.30. The summed E-state index contributed by atoms with van der Waals surface area (Å²) in [7, 11) is 0. The van der Waals surface area contributed by atoms with E-state index in [1.54, 1.807) is 0 Å². The van der Waals surface area contributed by atoms with Crippen molar-refractivity contribution in [2.75, 3.05) is 0 Å². The number of rotatable bonds is 17. The van der Waals surface area contributed by atoms with Crippen LogP contribution in [0.3, 0.4) is 0 Å². The van der Waals surface area contributed by atoms with Crippen molar-refractivity contribution < 1.29 is 4.79 Å². The van der Waals surface area contributed by atoms with E-state index in [-0.39, 0.29) is 5.91 Å². The molecule has 142 valence electrons. The molecule has 0 heterocycles. The van der Waals surface area contributed by atoms with Crippen LogP contribution in [0, 0.1) is 0 Å². The Kier molecular flexibility index (Phi) is 17.9. The van der Waals surface area contributed by atoms with E-state index in [4.69, 9.17) is 0 Å². The molecule has 0 aromatic heterocycles. The number of hydrogen-bond acceptors (Lipinski definition) is 2.